The van der Waals surface area contributed by atoms with Gasteiger partial charge in [-0.1, -0.05) is 25.4 Å². The van der Waals surface area contributed by atoms with E-state index in [0.717, 1.165) is 11.3 Å². The van der Waals surface area contributed by atoms with Gasteiger partial charge in [0.15, 0.2) is 0 Å². The number of carboxylic acid groups (broad SMARTS) is 1. The number of aromatic nitrogens is 1. The molecule has 1 N–H and O–H groups in total. The van der Waals surface area contributed by atoms with Crippen molar-refractivity contribution in [2.24, 2.45) is 5.92 Å². The monoisotopic (exact) mass is 313 g/mol. The highest BCUT2D eigenvalue weighted by molar-refractivity contribution is 7.17. The van der Waals surface area contributed by atoms with Crippen molar-refractivity contribution in [2.45, 2.75) is 20.3 Å². The van der Waals surface area contributed by atoms with Gasteiger partial charge in [-0.05, 0) is 30.5 Å². The first-order chi connectivity index (χ1) is 9.38. The first-order valence-electron chi connectivity index (χ1n) is 6.07. The van der Waals surface area contributed by atoms with Crippen molar-refractivity contribution in [3.8, 4) is 10.6 Å². The molecule has 0 aliphatic carbocycles. The van der Waals surface area contributed by atoms with Crippen molar-refractivity contribution in [3.63, 3.8) is 0 Å². The molecule has 0 radical (unpaired) electrons. The van der Waals surface area contributed by atoms with Crippen LogP contribution in [0, 0.1) is 11.7 Å². The van der Waals surface area contributed by atoms with Gasteiger partial charge in [0.2, 0.25) is 0 Å². The summed E-state index contributed by atoms with van der Waals surface area (Å²) in [5.74, 6) is -1.13. The van der Waals surface area contributed by atoms with Crippen molar-refractivity contribution in [3.05, 3.63) is 39.6 Å². The molecule has 0 unspecified atom stereocenters. The maximum Gasteiger partial charge on any atom is 0.347 e. The van der Waals surface area contributed by atoms with Crippen LogP contribution in [0.25, 0.3) is 10.6 Å². The minimum Gasteiger partial charge on any atom is -0.477 e. The number of thiazole rings is 1. The summed E-state index contributed by atoms with van der Waals surface area (Å²) in [6, 6.07) is 3.99. The van der Waals surface area contributed by atoms with Crippen LogP contribution in [-0.2, 0) is 6.42 Å². The molecule has 20 heavy (non-hydrogen) atoms. The van der Waals surface area contributed by atoms with Crippen LogP contribution in [0.3, 0.4) is 0 Å². The maximum atomic E-state index is 13.1. The number of hydrogen-bond acceptors (Lipinski definition) is 3. The highest BCUT2D eigenvalue weighted by atomic mass is 35.5. The summed E-state index contributed by atoms with van der Waals surface area (Å²) in [7, 11) is 0. The summed E-state index contributed by atoms with van der Waals surface area (Å²) in [5, 5.41) is 9.96. The zero-order valence-corrected chi connectivity index (χ0v) is 12.6. The molecule has 0 fully saturated rings. The van der Waals surface area contributed by atoms with E-state index in [2.05, 4.69) is 4.98 Å². The molecule has 106 valence electrons. The molecular weight excluding hydrogens is 301 g/mol. The second kappa shape index (κ2) is 5.89. The fourth-order valence-corrected chi connectivity index (χ4v) is 3.11. The van der Waals surface area contributed by atoms with Crippen LogP contribution in [0.5, 0.6) is 0 Å². The van der Waals surface area contributed by atoms with E-state index in [1.807, 2.05) is 13.8 Å². The van der Waals surface area contributed by atoms with Crippen molar-refractivity contribution in [2.75, 3.05) is 0 Å². The standard InChI is InChI=1S/C14H13ClFNO2S/c1-7(2)5-11-12(14(18)19)20-13(17-11)9-4-3-8(16)6-10(9)15/h3-4,6-7H,5H2,1-2H3,(H,18,19). The Labute approximate surface area is 125 Å². The van der Waals surface area contributed by atoms with Crippen LogP contribution < -0.4 is 0 Å². The molecule has 1 aromatic carbocycles. The molecule has 0 aliphatic heterocycles. The fourth-order valence-electron chi connectivity index (χ4n) is 1.82. The Morgan fingerprint density at radius 2 is 2.20 bits per heavy atom. The average molecular weight is 314 g/mol. The Morgan fingerprint density at radius 3 is 2.75 bits per heavy atom. The molecule has 0 saturated heterocycles. The lowest BCUT2D eigenvalue weighted by molar-refractivity contribution is 0.0700. The Bertz CT molecular complexity index is 655. The summed E-state index contributed by atoms with van der Waals surface area (Å²) >= 11 is 7.06. The van der Waals surface area contributed by atoms with Gasteiger partial charge in [0.1, 0.15) is 15.7 Å². The van der Waals surface area contributed by atoms with Crippen LogP contribution in [0.1, 0.15) is 29.2 Å². The number of nitrogens with zero attached hydrogens (tertiary/aromatic N) is 1. The molecule has 0 spiro atoms. The molecule has 0 saturated carbocycles. The molecule has 1 heterocycles. The average Bonchev–Trinajstić information content (AvgIpc) is 2.71. The molecule has 1 aromatic heterocycles. The van der Waals surface area contributed by atoms with Crippen molar-refractivity contribution < 1.29 is 14.3 Å². The lowest BCUT2D eigenvalue weighted by Crippen LogP contribution is -2.02. The largest absolute Gasteiger partial charge is 0.477 e. The second-order valence-electron chi connectivity index (χ2n) is 4.82. The van der Waals surface area contributed by atoms with Crippen molar-refractivity contribution >= 4 is 28.9 Å². The Kier molecular flexibility index (Phi) is 4.40. The molecule has 3 nitrogen and oxygen atoms in total. The third-order valence-electron chi connectivity index (χ3n) is 2.65. The highest BCUT2D eigenvalue weighted by Gasteiger charge is 2.20. The van der Waals surface area contributed by atoms with Gasteiger partial charge in [-0.15, -0.1) is 11.3 Å². The zero-order valence-electron chi connectivity index (χ0n) is 11.0. The van der Waals surface area contributed by atoms with E-state index in [1.54, 1.807) is 0 Å². The minimum atomic E-state index is -0.998. The summed E-state index contributed by atoms with van der Waals surface area (Å²) < 4.78 is 13.1. The van der Waals surface area contributed by atoms with E-state index >= 15 is 0 Å². The molecule has 6 heteroatoms. The second-order valence-corrected chi connectivity index (χ2v) is 6.23. The van der Waals surface area contributed by atoms with E-state index in [9.17, 15) is 14.3 Å². The van der Waals surface area contributed by atoms with Gasteiger partial charge in [0.25, 0.3) is 0 Å². The number of benzene rings is 1. The molecular formula is C14H13ClFNO2S. The van der Waals surface area contributed by atoms with Gasteiger partial charge in [-0.2, -0.15) is 0 Å². The molecule has 0 bridgehead atoms. The predicted octanol–water partition coefficient (Wildman–Crippen LogP) is 4.50. The van der Waals surface area contributed by atoms with Gasteiger partial charge < -0.3 is 5.11 Å². The van der Waals surface area contributed by atoms with Gasteiger partial charge >= 0.3 is 5.97 Å². The topological polar surface area (TPSA) is 50.2 Å². The summed E-state index contributed by atoms with van der Waals surface area (Å²) in [6.45, 7) is 3.99. The van der Waals surface area contributed by atoms with Crippen LogP contribution in [-0.4, -0.2) is 16.1 Å². The molecule has 2 aromatic rings. The van der Waals surface area contributed by atoms with E-state index in [0.29, 0.717) is 28.6 Å². The first kappa shape index (κ1) is 14.9. The van der Waals surface area contributed by atoms with Gasteiger partial charge in [-0.3, -0.25) is 0 Å². The smallest absolute Gasteiger partial charge is 0.347 e. The normalized spacial score (nSPS) is 11.1. The lowest BCUT2D eigenvalue weighted by atomic mass is 10.1. The summed E-state index contributed by atoms with van der Waals surface area (Å²) in [5.41, 5.74) is 1.10. The fraction of sp³-hybridized carbons (Fsp3) is 0.286. The number of carbonyl (C=O) groups is 1. The van der Waals surface area contributed by atoms with Gasteiger partial charge in [-0.25, -0.2) is 14.2 Å². The summed E-state index contributed by atoms with van der Waals surface area (Å²) in [6.07, 6.45) is 0.580. The molecule has 0 amide bonds. The van der Waals surface area contributed by atoms with Gasteiger partial charge in [0, 0.05) is 5.56 Å². The van der Waals surface area contributed by atoms with E-state index in [1.165, 1.54) is 18.2 Å². The lowest BCUT2D eigenvalue weighted by Gasteiger charge is -2.02. The number of hydrogen-bond donors (Lipinski definition) is 1. The van der Waals surface area contributed by atoms with Crippen LogP contribution in [0.15, 0.2) is 18.2 Å². The Hall–Kier alpha value is -1.46. The van der Waals surface area contributed by atoms with Crippen LogP contribution in [0.2, 0.25) is 5.02 Å². The minimum absolute atomic E-state index is 0.217. The van der Waals surface area contributed by atoms with Crippen LogP contribution in [0.4, 0.5) is 4.39 Å². The Morgan fingerprint density at radius 1 is 1.50 bits per heavy atom. The van der Waals surface area contributed by atoms with Crippen molar-refractivity contribution in [1.29, 1.82) is 0 Å². The van der Waals surface area contributed by atoms with E-state index < -0.39 is 11.8 Å². The zero-order chi connectivity index (χ0) is 14.9. The number of carboxylic acids is 1. The molecule has 2 rings (SSSR count). The van der Waals surface area contributed by atoms with E-state index in [4.69, 9.17) is 11.6 Å². The third kappa shape index (κ3) is 3.16. The quantitative estimate of drug-likeness (QED) is 0.904. The first-order valence-corrected chi connectivity index (χ1v) is 7.26. The number of aromatic carboxylic acids is 1. The molecule has 0 aliphatic rings. The maximum absolute atomic E-state index is 13.1. The third-order valence-corrected chi connectivity index (χ3v) is 4.09. The van der Waals surface area contributed by atoms with Crippen molar-refractivity contribution in [1.82, 2.24) is 4.98 Å². The van der Waals surface area contributed by atoms with E-state index in [-0.39, 0.29) is 9.90 Å². The van der Waals surface area contributed by atoms with Crippen LogP contribution >= 0.6 is 22.9 Å². The summed E-state index contributed by atoms with van der Waals surface area (Å²) in [4.78, 5) is 15.8. The molecule has 0 atom stereocenters. The number of halogens is 2. The predicted molar refractivity (Wildman–Crippen MR) is 78.0 cm³/mol. The van der Waals surface area contributed by atoms with Gasteiger partial charge in [0.05, 0.1) is 10.7 Å². The number of rotatable bonds is 4. The SMILES string of the molecule is CC(C)Cc1nc(-c2ccc(F)cc2Cl)sc1C(=O)O. The highest BCUT2D eigenvalue weighted by Crippen LogP contribution is 2.34. The Balaban J connectivity index is 2.49.